The maximum Gasteiger partial charge on any atom is 0.193 e. The summed E-state index contributed by atoms with van der Waals surface area (Å²) in [5.41, 5.74) is 0.334. The van der Waals surface area contributed by atoms with Gasteiger partial charge < -0.3 is 4.80 Å². The molecule has 0 saturated carbocycles. The molecule has 0 atom stereocenters. The Morgan fingerprint density at radius 2 is 1.80 bits per heavy atom. The van der Waals surface area contributed by atoms with Gasteiger partial charge in [-0.3, -0.25) is 0 Å². The van der Waals surface area contributed by atoms with E-state index < -0.39 is 8.32 Å². The first-order chi connectivity index (χ1) is 4.61. The smallest absolute Gasteiger partial charge is 0.193 e. The molecule has 1 aliphatic carbocycles. The first-order valence-corrected chi connectivity index (χ1v) is 6.69. The second kappa shape index (κ2) is 2.72. The predicted octanol–water partition coefficient (Wildman–Crippen LogP) is 2.07. The van der Waals surface area contributed by atoms with Crippen LogP contribution >= 0.6 is 0 Å². The molecule has 0 heterocycles. The zero-order valence-electron chi connectivity index (χ0n) is 6.54. The van der Waals surface area contributed by atoms with E-state index in [2.05, 4.69) is 24.3 Å². The Morgan fingerprint density at radius 1 is 1.30 bits per heavy atom. The minimum absolute atomic E-state index is 0.334. The Morgan fingerprint density at radius 3 is 2.10 bits per heavy atom. The van der Waals surface area contributed by atoms with Crippen LogP contribution in [0.4, 0.5) is 0 Å². The molecule has 0 fully saturated rings. The van der Waals surface area contributed by atoms with Crippen LogP contribution < -0.4 is 0 Å². The molecular formula is C8H14OSi. The highest BCUT2D eigenvalue weighted by Gasteiger charge is 2.25. The van der Waals surface area contributed by atoms with Gasteiger partial charge in [-0.15, -0.1) is 0 Å². The molecule has 1 N–H and O–H groups in total. The fourth-order valence-electron chi connectivity index (χ4n) is 1.06. The molecule has 0 amide bonds. The number of hydrogen-bond donors (Lipinski definition) is 1. The third-order valence-corrected chi connectivity index (χ3v) is 3.79. The van der Waals surface area contributed by atoms with Gasteiger partial charge in [0, 0.05) is 5.54 Å². The van der Waals surface area contributed by atoms with E-state index in [9.17, 15) is 4.80 Å². The molecule has 0 bridgehead atoms. The summed E-state index contributed by atoms with van der Waals surface area (Å²) in [4.78, 5) is 9.68. The fraction of sp³-hybridized carbons (Fsp3) is 0.500. The second-order valence-electron chi connectivity index (χ2n) is 3.27. The quantitative estimate of drug-likeness (QED) is 0.453. The predicted molar refractivity (Wildman–Crippen MR) is 46.3 cm³/mol. The Bertz CT molecular complexity index is 153. The summed E-state index contributed by atoms with van der Waals surface area (Å²) >= 11 is 0. The lowest BCUT2D eigenvalue weighted by Crippen LogP contribution is -2.30. The van der Waals surface area contributed by atoms with E-state index in [1.54, 1.807) is 0 Å². The van der Waals surface area contributed by atoms with E-state index in [4.69, 9.17) is 0 Å². The average Bonchev–Trinajstić information content (AvgIpc) is 1.88. The summed E-state index contributed by atoms with van der Waals surface area (Å²) in [6.45, 7) is 3.94. The third kappa shape index (κ3) is 1.82. The van der Waals surface area contributed by atoms with Crippen LogP contribution in [0.2, 0.25) is 18.6 Å². The molecule has 0 saturated heterocycles. The lowest BCUT2D eigenvalue weighted by Gasteiger charge is -2.22. The average molecular weight is 154 g/mol. The van der Waals surface area contributed by atoms with Gasteiger partial charge in [-0.25, -0.2) is 0 Å². The number of rotatable bonds is 1. The molecule has 0 radical (unpaired) electrons. The highest BCUT2D eigenvalue weighted by molar-refractivity contribution is 6.72. The highest BCUT2D eigenvalue weighted by atomic mass is 28.4. The monoisotopic (exact) mass is 154 g/mol. The van der Waals surface area contributed by atoms with Crippen LogP contribution in [0, 0.1) is 0 Å². The van der Waals surface area contributed by atoms with Gasteiger partial charge in [0.05, 0.1) is 0 Å². The van der Waals surface area contributed by atoms with Crippen molar-refractivity contribution in [1.82, 2.24) is 0 Å². The Labute approximate surface area is 63.2 Å². The van der Waals surface area contributed by atoms with Crippen LogP contribution in [0.5, 0.6) is 0 Å². The van der Waals surface area contributed by atoms with Crippen molar-refractivity contribution >= 4 is 8.32 Å². The van der Waals surface area contributed by atoms with Crippen molar-refractivity contribution in [2.45, 2.75) is 25.1 Å². The maximum absolute atomic E-state index is 9.68. The normalized spacial score (nSPS) is 19.9. The van der Waals surface area contributed by atoms with E-state index in [1.807, 2.05) is 13.1 Å². The van der Waals surface area contributed by atoms with Crippen LogP contribution in [0.3, 0.4) is 0 Å². The topological polar surface area (TPSA) is 20.2 Å². The Balaban J connectivity index is 2.64. The summed E-state index contributed by atoms with van der Waals surface area (Å²) in [6, 6.07) is 0. The van der Waals surface area contributed by atoms with Gasteiger partial charge in [-0.1, -0.05) is 24.3 Å². The summed E-state index contributed by atoms with van der Waals surface area (Å²) in [7, 11) is -1.93. The maximum atomic E-state index is 9.68. The molecule has 1 rings (SSSR count). The molecule has 0 spiro atoms. The van der Waals surface area contributed by atoms with Crippen molar-refractivity contribution < 1.29 is 4.80 Å². The molecule has 1 nitrogen and oxygen atoms in total. The van der Waals surface area contributed by atoms with Gasteiger partial charge in [-0.2, -0.15) is 0 Å². The Kier molecular flexibility index (Phi) is 2.11. The molecule has 0 unspecified atom stereocenters. The zero-order chi connectivity index (χ0) is 7.61. The van der Waals surface area contributed by atoms with Crippen molar-refractivity contribution in [3.63, 3.8) is 0 Å². The van der Waals surface area contributed by atoms with Crippen molar-refractivity contribution in [1.29, 1.82) is 0 Å². The lowest BCUT2D eigenvalue weighted by atomic mass is 10.2. The van der Waals surface area contributed by atoms with Crippen LogP contribution in [0.15, 0.2) is 24.3 Å². The van der Waals surface area contributed by atoms with Crippen LogP contribution in [0.1, 0.15) is 6.42 Å². The minimum atomic E-state index is -1.93. The van der Waals surface area contributed by atoms with Crippen molar-refractivity contribution in [2.24, 2.45) is 0 Å². The lowest BCUT2D eigenvalue weighted by molar-refractivity contribution is 0.545. The van der Waals surface area contributed by atoms with E-state index in [-0.39, 0.29) is 0 Å². The number of hydrogen-bond acceptors (Lipinski definition) is 1. The Hall–Kier alpha value is -0.343. The van der Waals surface area contributed by atoms with E-state index in [0.717, 1.165) is 6.42 Å². The van der Waals surface area contributed by atoms with Crippen LogP contribution in [-0.4, -0.2) is 13.1 Å². The molecular weight excluding hydrogens is 140 g/mol. The van der Waals surface area contributed by atoms with Crippen molar-refractivity contribution in [3.05, 3.63) is 24.3 Å². The van der Waals surface area contributed by atoms with Gasteiger partial charge in [0.25, 0.3) is 0 Å². The van der Waals surface area contributed by atoms with Gasteiger partial charge in [0.2, 0.25) is 0 Å². The summed E-state index contributed by atoms with van der Waals surface area (Å²) < 4.78 is 0. The first-order valence-electron chi connectivity index (χ1n) is 3.66. The molecule has 10 heavy (non-hydrogen) atoms. The van der Waals surface area contributed by atoms with E-state index >= 15 is 0 Å². The standard InChI is InChI=1S/C8H14OSi/c1-10(2,9)8-6-4-3-5-7-8/h4-9H,3H2,1-2H3. The molecule has 0 aromatic rings. The van der Waals surface area contributed by atoms with Gasteiger partial charge >= 0.3 is 0 Å². The molecule has 0 aliphatic heterocycles. The van der Waals surface area contributed by atoms with E-state index in [1.165, 1.54) is 0 Å². The largest absolute Gasteiger partial charge is 0.431 e. The summed E-state index contributed by atoms with van der Waals surface area (Å²) in [6.07, 6.45) is 9.50. The second-order valence-corrected chi connectivity index (χ2v) is 7.25. The molecule has 56 valence electrons. The van der Waals surface area contributed by atoms with Crippen molar-refractivity contribution in [2.75, 3.05) is 0 Å². The molecule has 1 aliphatic rings. The summed E-state index contributed by atoms with van der Waals surface area (Å²) in [5, 5.41) is 0. The molecule has 0 aromatic heterocycles. The number of allylic oxidation sites excluding steroid dienone is 4. The molecule has 2 heteroatoms. The van der Waals surface area contributed by atoms with Gasteiger partial charge in [0.1, 0.15) is 0 Å². The van der Waals surface area contributed by atoms with E-state index in [0.29, 0.717) is 5.54 Å². The van der Waals surface area contributed by atoms with Crippen LogP contribution in [-0.2, 0) is 0 Å². The SMILES string of the molecule is C[Si](C)(O)C1C=CCC=C1. The minimum Gasteiger partial charge on any atom is -0.431 e. The third-order valence-electron chi connectivity index (χ3n) is 1.77. The highest BCUT2D eigenvalue weighted by Crippen LogP contribution is 2.25. The van der Waals surface area contributed by atoms with Gasteiger partial charge in [-0.05, 0) is 19.5 Å². The van der Waals surface area contributed by atoms with Crippen LogP contribution in [0.25, 0.3) is 0 Å². The summed E-state index contributed by atoms with van der Waals surface area (Å²) in [5.74, 6) is 0. The molecule has 0 aromatic carbocycles. The zero-order valence-corrected chi connectivity index (χ0v) is 7.54. The first kappa shape index (κ1) is 7.76. The fourth-order valence-corrected chi connectivity index (χ4v) is 2.28. The van der Waals surface area contributed by atoms with Crippen molar-refractivity contribution in [3.8, 4) is 0 Å². The van der Waals surface area contributed by atoms with Gasteiger partial charge in [0.15, 0.2) is 8.32 Å².